The summed E-state index contributed by atoms with van der Waals surface area (Å²) < 4.78 is 1.97. The molecule has 0 aliphatic rings. The van der Waals surface area contributed by atoms with Gasteiger partial charge in [0.25, 0.3) is 0 Å². The third kappa shape index (κ3) is 5.25. The standard InChI is InChI=1S/C15H15Cl2N3O/c16-13-4-2-12(14(17)10-13)3-5-15(21)19-6-1-8-20-9-7-18-11-20/h2-5,7,9-11H,1,6,8H2,(H,19,21). The summed E-state index contributed by atoms with van der Waals surface area (Å²) in [4.78, 5) is 15.6. The van der Waals surface area contributed by atoms with E-state index in [1.807, 2.05) is 10.8 Å². The summed E-state index contributed by atoms with van der Waals surface area (Å²) in [5.74, 6) is -0.147. The van der Waals surface area contributed by atoms with E-state index in [1.165, 1.54) is 6.08 Å². The van der Waals surface area contributed by atoms with Crippen LogP contribution in [-0.4, -0.2) is 22.0 Å². The van der Waals surface area contributed by atoms with Crippen LogP contribution in [0.4, 0.5) is 0 Å². The van der Waals surface area contributed by atoms with E-state index in [2.05, 4.69) is 10.3 Å². The van der Waals surface area contributed by atoms with Gasteiger partial charge in [-0.15, -0.1) is 0 Å². The lowest BCUT2D eigenvalue weighted by Crippen LogP contribution is -2.22. The Morgan fingerprint density at radius 3 is 2.95 bits per heavy atom. The number of carbonyl (C=O) groups is 1. The topological polar surface area (TPSA) is 46.9 Å². The van der Waals surface area contributed by atoms with E-state index in [9.17, 15) is 4.79 Å². The van der Waals surface area contributed by atoms with Crippen LogP contribution in [0, 0.1) is 0 Å². The minimum absolute atomic E-state index is 0.147. The number of nitrogens with one attached hydrogen (secondary N) is 1. The number of amides is 1. The van der Waals surface area contributed by atoms with Crippen molar-refractivity contribution in [3.05, 3.63) is 58.6 Å². The Kier molecular flexibility index (Phi) is 5.84. The van der Waals surface area contributed by atoms with Crippen molar-refractivity contribution in [3.8, 4) is 0 Å². The molecule has 2 aromatic rings. The fourth-order valence-electron chi connectivity index (χ4n) is 1.75. The van der Waals surface area contributed by atoms with E-state index in [0.717, 1.165) is 18.5 Å². The SMILES string of the molecule is O=C(C=Cc1ccc(Cl)cc1Cl)NCCCn1ccnc1. The van der Waals surface area contributed by atoms with Gasteiger partial charge in [0.1, 0.15) is 0 Å². The van der Waals surface area contributed by atoms with Crippen molar-refractivity contribution in [1.82, 2.24) is 14.9 Å². The van der Waals surface area contributed by atoms with Gasteiger partial charge < -0.3 is 9.88 Å². The molecule has 0 saturated carbocycles. The summed E-state index contributed by atoms with van der Waals surface area (Å²) >= 11 is 11.8. The molecule has 0 bridgehead atoms. The number of hydrogen-bond donors (Lipinski definition) is 1. The lowest BCUT2D eigenvalue weighted by Gasteiger charge is -2.03. The Bertz CT molecular complexity index is 624. The molecule has 110 valence electrons. The minimum Gasteiger partial charge on any atom is -0.352 e. The highest BCUT2D eigenvalue weighted by atomic mass is 35.5. The van der Waals surface area contributed by atoms with Crippen molar-refractivity contribution >= 4 is 35.2 Å². The summed E-state index contributed by atoms with van der Waals surface area (Å²) in [7, 11) is 0. The average Bonchev–Trinajstić information content (AvgIpc) is 2.96. The van der Waals surface area contributed by atoms with Crippen molar-refractivity contribution in [2.75, 3.05) is 6.54 Å². The zero-order chi connectivity index (χ0) is 15.1. The molecule has 0 spiro atoms. The van der Waals surface area contributed by atoms with Crippen LogP contribution < -0.4 is 5.32 Å². The van der Waals surface area contributed by atoms with Gasteiger partial charge in [0.15, 0.2) is 0 Å². The van der Waals surface area contributed by atoms with Crippen LogP contribution in [-0.2, 0) is 11.3 Å². The van der Waals surface area contributed by atoms with Crippen molar-refractivity contribution in [2.24, 2.45) is 0 Å². The van der Waals surface area contributed by atoms with E-state index < -0.39 is 0 Å². The Hall–Kier alpha value is -1.78. The van der Waals surface area contributed by atoms with E-state index in [1.54, 1.807) is 36.8 Å². The largest absolute Gasteiger partial charge is 0.352 e. The number of aromatic nitrogens is 2. The summed E-state index contributed by atoms with van der Waals surface area (Å²) in [5, 5.41) is 3.91. The Balaban J connectivity index is 1.74. The van der Waals surface area contributed by atoms with Gasteiger partial charge in [-0.05, 0) is 30.2 Å². The lowest BCUT2D eigenvalue weighted by atomic mass is 10.2. The molecule has 1 N–H and O–H groups in total. The molecule has 0 atom stereocenters. The predicted octanol–water partition coefficient (Wildman–Crippen LogP) is 3.41. The Morgan fingerprint density at radius 1 is 1.38 bits per heavy atom. The second kappa shape index (κ2) is 7.86. The molecule has 1 aromatic heterocycles. The first-order valence-corrected chi connectivity index (χ1v) is 7.27. The van der Waals surface area contributed by atoms with Gasteiger partial charge in [-0.3, -0.25) is 4.79 Å². The smallest absolute Gasteiger partial charge is 0.244 e. The van der Waals surface area contributed by atoms with Crippen LogP contribution in [0.5, 0.6) is 0 Å². The van der Waals surface area contributed by atoms with Crippen LogP contribution in [0.25, 0.3) is 6.08 Å². The molecule has 0 aliphatic heterocycles. The van der Waals surface area contributed by atoms with Crippen LogP contribution >= 0.6 is 23.2 Å². The van der Waals surface area contributed by atoms with Gasteiger partial charge in [0.05, 0.1) is 6.33 Å². The van der Waals surface area contributed by atoms with E-state index >= 15 is 0 Å². The van der Waals surface area contributed by atoms with Gasteiger partial charge in [0.2, 0.25) is 5.91 Å². The van der Waals surface area contributed by atoms with E-state index in [-0.39, 0.29) is 5.91 Å². The van der Waals surface area contributed by atoms with Crippen LogP contribution in [0.2, 0.25) is 10.0 Å². The van der Waals surface area contributed by atoms with Gasteiger partial charge in [-0.25, -0.2) is 4.98 Å². The average molecular weight is 324 g/mol. The van der Waals surface area contributed by atoms with Crippen LogP contribution in [0.3, 0.4) is 0 Å². The minimum atomic E-state index is -0.147. The Morgan fingerprint density at radius 2 is 2.24 bits per heavy atom. The number of nitrogens with zero attached hydrogens (tertiary/aromatic N) is 2. The van der Waals surface area contributed by atoms with Crippen LogP contribution in [0.1, 0.15) is 12.0 Å². The molecule has 4 nitrogen and oxygen atoms in total. The third-order valence-corrected chi connectivity index (χ3v) is 3.39. The molecular formula is C15H15Cl2N3O. The number of aryl methyl sites for hydroxylation is 1. The quantitative estimate of drug-likeness (QED) is 0.654. The third-order valence-electron chi connectivity index (χ3n) is 2.83. The zero-order valence-electron chi connectivity index (χ0n) is 11.3. The molecule has 0 saturated heterocycles. The van der Waals surface area contributed by atoms with Crippen molar-refractivity contribution in [1.29, 1.82) is 0 Å². The molecule has 21 heavy (non-hydrogen) atoms. The highest BCUT2D eigenvalue weighted by Gasteiger charge is 1.99. The molecule has 0 fully saturated rings. The summed E-state index contributed by atoms with van der Waals surface area (Å²) in [6, 6.07) is 5.15. The second-order valence-corrected chi connectivity index (χ2v) is 5.29. The lowest BCUT2D eigenvalue weighted by molar-refractivity contribution is -0.116. The highest BCUT2D eigenvalue weighted by Crippen LogP contribution is 2.21. The fraction of sp³-hybridized carbons (Fsp3) is 0.200. The predicted molar refractivity (Wildman–Crippen MR) is 85.3 cm³/mol. The molecular weight excluding hydrogens is 309 g/mol. The van der Waals surface area contributed by atoms with E-state index in [4.69, 9.17) is 23.2 Å². The normalized spacial score (nSPS) is 11.0. The number of rotatable bonds is 6. The monoisotopic (exact) mass is 323 g/mol. The summed E-state index contributed by atoms with van der Waals surface area (Å²) in [6.45, 7) is 1.43. The molecule has 1 heterocycles. The molecule has 1 amide bonds. The molecule has 0 aliphatic carbocycles. The number of carbonyl (C=O) groups excluding carboxylic acids is 1. The maximum absolute atomic E-state index is 11.7. The number of benzene rings is 1. The summed E-state index contributed by atoms with van der Waals surface area (Å²) in [6.07, 6.45) is 9.36. The number of imidazole rings is 1. The van der Waals surface area contributed by atoms with Crippen molar-refractivity contribution in [2.45, 2.75) is 13.0 Å². The highest BCUT2D eigenvalue weighted by molar-refractivity contribution is 6.35. The van der Waals surface area contributed by atoms with Gasteiger partial charge >= 0.3 is 0 Å². The molecule has 2 rings (SSSR count). The molecule has 0 radical (unpaired) electrons. The first kappa shape index (κ1) is 15.6. The molecule has 1 aromatic carbocycles. The van der Waals surface area contributed by atoms with Crippen LogP contribution in [0.15, 0.2) is 43.0 Å². The first-order valence-electron chi connectivity index (χ1n) is 6.52. The van der Waals surface area contributed by atoms with Gasteiger partial charge in [0, 0.05) is 41.6 Å². The fourth-order valence-corrected chi connectivity index (χ4v) is 2.22. The van der Waals surface area contributed by atoms with Crippen molar-refractivity contribution < 1.29 is 4.79 Å². The van der Waals surface area contributed by atoms with Gasteiger partial charge in [-0.1, -0.05) is 29.3 Å². The van der Waals surface area contributed by atoms with Crippen molar-refractivity contribution in [3.63, 3.8) is 0 Å². The van der Waals surface area contributed by atoms with Gasteiger partial charge in [-0.2, -0.15) is 0 Å². The zero-order valence-corrected chi connectivity index (χ0v) is 12.8. The second-order valence-electron chi connectivity index (χ2n) is 4.44. The number of halogens is 2. The molecule has 0 unspecified atom stereocenters. The maximum Gasteiger partial charge on any atom is 0.244 e. The Labute approximate surface area is 133 Å². The first-order chi connectivity index (χ1) is 10.1. The maximum atomic E-state index is 11.7. The van der Waals surface area contributed by atoms with E-state index in [0.29, 0.717) is 16.6 Å². The number of hydrogen-bond acceptors (Lipinski definition) is 2. The molecule has 6 heteroatoms. The summed E-state index contributed by atoms with van der Waals surface area (Å²) in [5.41, 5.74) is 0.759.